The van der Waals surface area contributed by atoms with Crippen molar-refractivity contribution < 1.29 is 18.0 Å². The molecule has 0 bridgehead atoms. The summed E-state index contributed by atoms with van der Waals surface area (Å²) in [4.78, 5) is 15.7. The smallest absolute Gasteiger partial charge is 0.214 e. The van der Waals surface area contributed by atoms with Crippen LogP contribution in [-0.4, -0.2) is 21.0 Å². The molecule has 21 heavy (non-hydrogen) atoms. The van der Waals surface area contributed by atoms with Gasteiger partial charge in [0.05, 0.1) is 0 Å². The normalized spacial score (nSPS) is 11.0. The van der Waals surface area contributed by atoms with Gasteiger partial charge in [0.25, 0.3) is 0 Å². The fraction of sp³-hybridized carbons (Fsp3) is 0.0714. The number of Topliss-reactive ketones (excluding diaryl/α,β-unsaturated/α-hetero) is 1. The van der Waals surface area contributed by atoms with Crippen molar-refractivity contribution in [3.05, 3.63) is 59.2 Å². The van der Waals surface area contributed by atoms with E-state index in [4.69, 9.17) is 0 Å². The lowest BCUT2D eigenvalue weighted by atomic mass is 10.0. The second kappa shape index (κ2) is 5.01. The second-order valence-electron chi connectivity index (χ2n) is 4.42. The number of aromatic amines is 1. The van der Waals surface area contributed by atoms with Gasteiger partial charge in [-0.25, -0.2) is 8.78 Å². The van der Waals surface area contributed by atoms with Crippen LogP contribution in [0.25, 0.3) is 11.0 Å². The molecule has 0 radical (unpaired) electrons. The zero-order valence-corrected chi connectivity index (χ0v) is 10.5. The summed E-state index contributed by atoms with van der Waals surface area (Å²) in [7, 11) is 0. The molecule has 0 spiro atoms. The zero-order valence-electron chi connectivity index (χ0n) is 10.5. The summed E-state index contributed by atoms with van der Waals surface area (Å²) in [5, 5.41) is 6.50. The third-order valence-corrected chi connectivity index (χ3v) is 3.05. The Kier molecular flexibility index (Phi) is 3.17. The van der Waals surface area contributed by atoms with Crippen molar-refractivity contribution in [1.82, 2.24) is 15.2 Å². The number of nitrogens with zero attached hydrogens (tertiary/aromatic N) is 2. The quantitative estimate of drug-likeness (QED) is 0.596. The molecule has 106 valence electrons. The maximum Gasteiger partial charge on any atom is 0.214 e. The zero-order chi connectivity index (χ0) is 15.0. The summed E-state index contributed by atoms with van der Waals surface area (Å²) in [5.41, 5.74) is 0.0806. The van der Waals surface area contributed by atoms with Gasteiger partial charge >= 0.3 is 0 Å². The van der Waals surface area contributed by atoms with Gasteiger partial charge in [-0.05, 0) is 23.8 Å². The van der Waals surface area contributed by atoms with Gasteiger partial charge in [-0.1, -0.05) is 12.1 Å². The molecule has 0 saturated heterocycles. The van der Waals surface area contributed by atoms with Crippen molar-refractivity contribution in [3.8, 4) is 0 Å². The molecule has 2 aromatic heterocycles. The predicted molar refractivity (Wildman–Crippen MR) is 68.2 cm³/mol. The minimum absolute atomic E-state index is 0.0538. The van der Waals surface area contributed by atoms with Crippen LogP contribution < -0.4 is 0 Å². The first-order chi connectivity index (χ1) is 10.1. The number of benzene rings is 1. The van der Waals surface area contributed by atoms with Crippen LogP contribution in [0.15, 0.2) is 30.3 Å². The van der Waals surface area contributed by atoms with Crippen LogP contribution in [0.2, 0.25) is 0 Å². The average molecular weight is 291 g/mol. The van der Waals surface area contributed by atoms with Gasteiger partial charge in [-0.2, -0.15) is 14.5 Å². The van der Waals surface area contributed by atoms with E-state index in [9.17, 15) is 18.0 Å². The molecule has 3 aromatic rings. The molecule has 0 fully saturated rings. The Morgan fingerprint density at radius 3 is 2.76 bits per heavy atom. The van der Waals surface area contributed by atoms with Gasteiger partial charge in [0, 0.05) is 11.8 Å². The Hall–Kier alpha value is -2.70. The van der Waals surface area contributed by atoms with Gasteiger partial charge in [0.15, 0.2) is 23.1 Å². The number of carbonyl (C=O) groups is 1. The fourth-order valence-electron chi connectivity index (χ4n) is 2.03. The lowest BCUT2D eigenvalue weighted by molar-refractivity contribution is 0.0988. The number of H-pyrrole nitrogens is 1. The molecule has 2 heterocycles. The summed E-state index contributed by atoms with van der Waals surface area (Å²) in [6.45, 7) is 0. The molecule has 4 nitrogen and oxygen atoms in total. The average Bonchev–Trinajstić information content (AvgIpc) is 2.86. The van der Waals surface area contributed by atoms with Gasteiger partial charge in [-0.3, -0.25) is 9.89 Å². The number of halogens is 3. The van der Waals surface area contributed by atoms with Crippen LogP contribution in [0.4, 0.5) is 13.2 Å². The number of pyridine rings is 1. The van der Waals surface area contributed by atoms with Gasteiger partial charge in [0.2, 0.25) is 5.95 Å². The highest BCUT2D eigenvalue weighted by molar-refractivity contribution is 6.05. The van der Waals surface area contributed by atoms with E-state index in [1.54, 1.807) is 0 Å². The molecule has 0 aliphatic rings. The third kappa shape index (κ3) is 2.37. The first-order valence-electron chi connectivity index (χ1n) is 6.03. The Morgan fingerprint density at radius 2 is 1.95 bits per heavy atom. The highest BCUT2D eigenvalue weighted by atomic mass is 19.2. The maximum absolute atomic E-state index is 13.6. The highest BCUT2D eigenvalue weighted by Crippen LogP contribution is 2.18. The van der Waals surface area contributed by atoms with Crippen LogP contribution in [0.5, 0.6) is 0 Å². The maximum atomic E-state index is 13.6. The Balaban J connectivity index is 1.96. The summed E-state index contributed by atoms with van der Waals surface area (Å²) in [6, 6.07) is 6.07. The summed E-state index contributed by atoms with van der Waals surface area (Å²) in [6.07, 6.45) is -0.335. The first-order valence-corrected chi connectivity index (χ1v) is 6.03. The van der Waals surface area contributed by atoms with E-state index in [1.807, 2.05) is 0 Å². The SMILES string of the molecule is O=C(Cc1cccc(F)c1F)c1[nH]nc2nc(F)ccc12. The predicted octanol–water partition coefficient (Wildman–Crippen LogP) is 2.80. The van der Waals surface area contributed by atoms with Crippen molar-refractivity contribution in [3.63, 3.8) is 0 Å². The fourth-order valence-corrected chi connectivity index (χ4v) is 2.03. The van der Waals surface area contributed by atoms with E-state index in [-0.39, 0.29) is 23.3 Å². The van der Waals surface area contributed by atoms with Crippen LogP contribution in [-0.2, 0) is 6.42 Å². The molecular formula is C14H8F3N3O. The van der Waals surface area contributed by atoms with Gasteiger partial charge < -0.3 is 0 Å². The number of hydrogen-bond donors (Lipinski definition) is 1. The molecule has 1 aromatic carbocycles. The van der Waals surface area contributed by atoms with Crippen LogP contribution in [0.1, 0.15) is 16.1 Å². The Bertz CT molecular complexity index is 845. The number of fused-ring (bicyclic) bond motifs is 1. The second-order valence-corrected chi connectivity index (χ2v) is 4.42. The molecule has 0 aliphatic heterocycles. The van der Waals surface area contributed by atoms with Crippen molar-refractivity contribution in [2.24, 2.45) is 0 Å². The standard InChI is InChI=1S/C14H8F3N3O/c15-9-3-1-2-7(12(9)17)6-10(21)13-8-4-5-11(16)18-14(8)20-19-13/h1-5H,6H2,(H,18,19,20). The van der Waals surface area contributed by atoms with Crippen molar-refractivity contribution >= 4 is 16.8 Å². The van der Waals surface area contributed by atoms with E-state index in [0.717, 1.165) is 12.1 Å². The lowest BCUT2D eigenvalue weighted by Gasteiger charge is -2.02. The number of nitrogens with one attached hydrogen (secondary N) is 1. The number of ketones is 1. The van der Waals surface area contributed by atoms with E-state index in [1.165, 1.54) is 18.2 Å². The molecule has 7 heteroatoms. The summed E-state index contributed by atoms with van der Waals surface area (Å²) in [5.74, 6) is -3.28. The number of rotatable bonds is 3. The van der Waals surface area contributed by atoms with E-state index in [2.05, 4.69) is 15.2 Å². The number of hydrogen-bond acceptors (Lipinski definition) is 3. The highest BCUT2D eigenvalue weighted by Gasteiger charge is 2.18. The summed E-state index contributed by atoms with van der Waals surface area (Å²) < 4.78 is 39.6. The molecular weight excluding hydrogens is 283 g/mol. The number of carbonyl (C=O) groups excluding carboxylic acids is 1. The lowest BCUT2D eigenvalue weighted by Crippen LogP contribution is -2.07. The largest absolute Gasteiger partial charge is 0.292 e. The van der Waals surface area contributed by atoms with E-state index < -0.39 is 23.4 Å². The van der Waals surface area contributed by atoms with E-state index in [0.29, 0.717) is 5.39 Å². The minimum atomic E-state index is -1.06. The third-order valence-electron chi connectivity index (χ3n) is 3.05. The first kappa shape index (κ1) is 13.3. The monoisotopic (exact) mass is 291 g/mol. The molecule has 0 aliphatic carbocycles. The molecule has 0 saturated carbocycles. The van der Waals surface area contributed by atoms with Gasteiger partial charge in [0.1, 0.15) is 5.69 Å². The Morgan fingerprint density at radius 1 is 1.14 bits per heavy atom. The number of aromatic nitrogens is 3. The molecule has 3 rings (SSSR count). The molecule has 0 atom stereocenters. The van der Waals surface area contributed by atoms with Gasteiger partial charge in [-0.15, -0.1) is 0 Å². The Labute approximate surface area is 116 Å². The minimum Gasteiger partial charge on any atom is -0.292 e. The molecule has 0 unspecified atom stereocenters. The summed E-state index contributed by atoms with van der Waals surface area (Å²) >= 11 is 0. The van der Waals surface area contributed by atoms with Crippen molar-refractivity contribution in [1.29, 1.82) is 0 Å². The van der Waals surface area contributed by atoms with Crippen LogP contribution in [0.3, 0.4) is 0 Å². The van der Waals surface area contributed by atoms with Crippen molar-refractivity contribution in [2.75, 3.05) is 0 Å². The van der Waals surface area contributed by atoms with Crippen LogP contribution >= 0.6 is 0 Å². The van der Waals surface area contributed by atoms with Crippen molar-refractivity contribution in [2.45, 2.75) is 6.42 Å². The molecule has 1 N–H and O–H groups in total. The topological polar surface area (TPSA) is 58.6 Å². The molecule has 0 amide bonds. The van der Waals surface area contributed by atoms with E-state index >= 15 is 0 Å². The van der Waals surface area contributed by atoms with Crippen LogP contribution in [0, 0.1) is 17.6 Å².